The molecule has 0 aromatic heterocycles. The third kappa shape index (κ3) is 465. The Hall–Kier alpha value is 1.49. The van der Waals surface area contributed by atoms with E-state index in [1.807, 2.05) is 0 Å². The van der Waals surface area contributed by atoms with Crippen LogP contribution in [0.4, 0.5) is 0 Å². The molecule has 0 fully saturated rings. The Morgan fingerprint density at radius 3 is 0.909 bits per heavy atom. The largest absolute Gasteiger partial charge is 1.00 e. The summed E-state index contributed by atoms with van der Waals surface area (Å²) in [6.45, 7) is 0. The molecule has 0 aliphatic carbocycles. The summed E-state index contributed by atoms with van der Waals surface area (Å²) >= 11 is 0. The van der Waals surface area contributed by atoms with Crippen LogP contribution < -0.4 is 70.7 Å². The molecule has 0 spiro atoms. The number of halogens is 3. The maximum absolute atomic E-state index is 9.19. The molecular weight excluding hydrogens is 170 g/mol. The van der Waals surface area contributed by atoms with Crippen molar-refractivity contribution >= 4 is 10.1 Å². The monoisotopic (exact) mass is 174 g/mol. The van der Waals surface area contributed by atoms with Crippen LogP contribution >= 0.6 is 0 Å². The Morgan fingerprint density at radius 1 is 0.909 bits per heavy atom. The Labute approximate surface area is 99.4 Å². The molecule has 0 saturated carbocycles. The molecule has 0 aliphatic rings. The minimum absolute atomic E-state index is 0. The van der Waals surface area contributed by atoms with Gasteiger partial charge < -0.3 is 14.1 Å². The quantitative estimate of drug-likeness (QED) is 0.293. The minimum Gasteiger partial charge on any atom is -1.00 e. The van der Waals surface area contributed by atoms with Gasteiger partial charge in [-0.25, -0.2) is 0 Å². The Kier molecular flexibility index (Phi) is 112. The van der Waals surface area contributed by atoms with Gasteiger partial charge in [0, 0.05) is 0 Å². The van der Waals surface area contributed by atoms with E-state index in [9.17, 15) is 8.42 Å². The van der Waals surface area contributed by atoms with Gasteiger partial charge in [-0.1, -0.05) is 0 Å². The third-order valence-electron chi connectivity index (χ3n) is 0. The third-order valence-corrected chi connectivity index (χ3v) is 0. The second kappa shape index (κ2) is 22.5. The van der Waals surface area contributed by atoms with Crippen LogP contribution in [-0.2, 0) is 10.1 Å². The fourth-order valence-electron chi connectivity index (χ4n) is 0. The van der Waals surface area contributed by atoms with Gasteiger partial charge in [-0.3, -0.25) is 4.55 Å². The normalized spacial score (nSPS) is 5.27. The molecular formula is CH4F3Li3O3S. The van der Waals surface area contributed by atoms with Crippen LogP contribution in [0.2, 0.25) is 0 Å². The summed E-state index contributed by atoms with van der Waals surface area (Å²) in [6, 6.07) is 0. The molecule has 0 atom stereocenters. The van der Waals surface area contributed by atoms with E-state index in [2.05, 4.69) is 0 Å². The molecule has 0 unspecified atom stereocenters. The van der Waals surface area contributed by atoms with Crippen molar-refractivity contribution in [2.24, 2.45) is 0 Å². The SMILES string of the molecule is CS(=O)(=O)O.[F-].[F-].[F-].[Li+].[Li+].[Li+]. The molecule has 1 N–H and O–H groups in total. The molecule has 0 saturated heterocycles. The zero-order valence-corrected chi connectivity index (χ0v) is 7.62. The Bertz CT molecular complexity index is 107. The van der Waals surface area contributed by atoms with Gasteiger partial charge in [-0.15, -0.1) is 0 Å². The first-order chi connectivity index (χ1) is 2.00. The molecule has 0 aromatic rings. The molecule has 11 heavy (non-hydrogen) atoms. The molecule has 0 bridgehead atoms. The summed E-state index contributed by atoms with van der Waals surface area (Å²) in [5.74, 6) is 0. The average Bonchev–Trinajstić information content (AvgIpc) is 0.722. The molecule has 10 heteroatoms. The van der Waals surface area contributed by atoms with Crippen molar-refractivity contribution in [3.05, 3.63) is 0 Å². The molecule has 0 amide bonds. The van der Waals surface area contributed by atoms with Gasteiger partial charge in [0.05, 0.1) is 6.26 Å². The minimum atomic E-state index is -3.67. The Balaban J connectivity index is -0.00000000533. The predicted octanol–water partition coefficient (Wildman–Crippen LogP) is -18.5. The van der Waals surface area contributed by atoms with E-state index in [1.165, 1.54) is 0 Å². The van der Waals surface area contributed by atoms with Gasteiger partial charge in [-0.05, 0) is 0 Å². The van der Waals surface area contributed by atoms with Gasteiger partial charge in [-0.2, -0.15) is 8.42 Å². The molecule has 0 aliphatic heterocycles. The van der Waals surface area contributed by atoms with Gasteiger partial charge >= 0.3 is 56.6 Å². The van der Waals surface area contributed by atoms with Gasteiger partial charge in [0.1, 0.15) is 0 Å². The van der Waals surface area contributed by atoms with Crippen LogP contribution in [0.5, 0.6) is 0 Å². The summed E-state index contributed by atoms with van der Waals surface area (Å²) in [4.78, 5) is 0. The number of rotatable bonds is 0. The summed E-state index contributed by atoms with van der Waals surface area (Å²) in [5.41, 5.74) is 0. The van der Waals surface area contributed by atoms with E-state index < -0.39 is 10.1 Å². The van der Waals surface area contributed by atoms with E-state index in [0.29, 0.717) is 6.26 Å². The fourth-order valence-corrected chi connectivity index (χ4v) is 0. The summed E-state index contributed by atoms with van der Waals surface area (Å²) in [7, 11) is -3.67. The Morgan fingerprint density at radius 2 is 0.909 bits per heavy atom. The zero-order chi connectivity index (χ0) is 4.50. The maximum atomic E-state index is 9.19. The second-order valence-electron chi connectivity index (χ2n) is 0.733. The second-order valence-corrected chi connectivity index (χ2v) is 2.20. The topological polar surface area (TPSA) is 54.4 Å². The number of hydrogen-bond donors (Lipinski definition) is 1. The van der Waals surface area contributed by atoms with Crippen molar-refractivity contribution in [3.63, 3.8) is 0 Å². The summed E-state index contributed by atoms with van der Waals surface area (Å²) in [5, 5.41) is 0. The van der Waals surface area contributed by atoms with Gasteiger partial charge in [0.15, 0.2) is 0 Å². The molecule has 0 heterocycles. The fraction of sp³-hybridized carbons (Fsp3) is 1.00. The van der Waals surface area contributed by atoms with E-state index in [0.717, 1.165) is 0 Å². The van der Waals surface area contributed by atoms with Crippen LogP contribution in [0, 0.1) is 0 Å². The average molecular weight is 174 g/mol. The van der Waals surface area contributed by atoms with Crippen molar-refractivity contribution in [3.8, 4) is 0 Å². The standard InChI is InChI=1S/CH4O3S.3FH.3Li/c1-5(2,3)4;;;;;;/h1H3,(H,2,3,4);3*1H;;;/q;;;;3*+1/p-3. The first-order valence-corrected chi connectivity index (χ1v) is 2.77. The zero-order valence-electron chi connectivity index (χ0n) is 6.81. The molecule has 0 aromatic carbocycles. The van der Waals surface area contributed by atoms with Gasteiger partial charge in [0.25, 0.3) is 10.1 Å². The van der Waals surface area contributed by atoms with E-state index in [4.69, 9.17) is 4.55 Å². The predicted molar refractivity (Wildman–Crippen MR) is 17.5 cm³/mol. The van der Waals surface area contributed by atoms with Crippen molar-refractivity contribution in [2.45, 2.75) is 0 Å². The van der Waals surface area contributed by atoms with E-state index >= 15 is 0 Å². The van der Waals surface area contributed by atoms with Crippen molar-refractivity contribution in [1.29, 1.82) is 0 Å². The first kappa shape index (κ1) is 54.7. The summed E-state index contributed by atoms with van der Waals surface area (Å²) < 4.78 is 25.9. The first-order valence-electron chi connectivity index (χ1n) is 0.924. The molecule has 56 valence electrons. The van der Waals surface area contributed by atoms with E-state index in [-0.39, 0.29) is 70.7 Å². The van der Waals surface area contributed by atoms with Crippen LogP contribution in [0.1, 0.15) is 0 Å². The van der Waals surface area contributed by atoms with Crippen molar-refractivity contribution in [2.75, 3.05) is 6.26 Å². The maximum Gasteiger partial charge on any atom is 1.00 e. The number of hydrogen-bond acceptors (Lipinski definition) is 2. The van der Waals surface area contributed by atoms with Crippen LogP contribution in [-0.4, -0.2) is 19.2 Å². The van der Waals surface area contributed by atoms with Crippen LogP contribution in [0.3, 0.4) is 0 Å². The van der Waals surface area contributed by atoms with Crippen LogP contribution in [0.15, 0.2) is 0 Å². The van der Waals surface area contributed by atoms with Crippen LogP contribution in [0.25, 0.3) is 0 Å². The van der Waals surface area contributed by atoms with Crippen molar-refractivity contribution < 1.29 is 83.7 Å². The smallest absolute Gasteiger partial charge is 1.00 e. The molecule has 0 radical (unpaired) electrons. The molecule has 3 nitrogen and oxygen atoms in total. The van der Waals surface area contributed by atoms with Crippen molar-refractivity contribution in [1.82, 2.24) is 0 Å². The molecule has 0 rings (SSSR count). The summed E-state index contributed by atoms with van der Waals surface area (Å²) in [6.07, 6.45) is 0.715. The van der Waals surface area contributed by atoms with E-state index in [1.54, 1.807) is 0 Å². The van der Waals surface area contributed by atoms with Gasteiger partial charge in [0.2, 0.25) is 0 Å².